The summed E-state index contributed by atoms with van der Waals surface area (Å²) in [6.07, 6.45) is 1.58. The molecule has 0 unspecified atom stereocenters. The SMILES string of the molecule is Cc1ccc(C(N)=S)cc1S(=O)(=O)NCCc1ncno1. The Hall–Kier alpha value is -1.84. The molecule has 0 amide bonds. The van der Waals surface area contributed by atoms with E-state index < -0.39 is 10.0 Å². The minimum absolute atomic E-state index is 0.150. The molecule has 21 heavy (non-hydrogen) atoms. The van der Waals surface area contributed by atoms with E-state index in [-0.39, 0.29) is 16.4 Å². The largest absolute Gasteiger partial charge is 0.389 e. The van der Waals surface area contributed by atoms with Gasteiger partial charge in [-0.2, -0.15) is 4.98 Å². The Morgan fingerprint density at radius 2 is 2.24 bits per heavy atom. The van der Waals surface area contributed by atoms with Crippen molar-refractivity contribution in [2.75, 3.05) is 6.54 Å². The molecular formula is C12H14N4O3S2. The molecule has 1 heterocycles. The van der Waals surface area contributed by atoms with Crippen LogP contribution >= 0.6 is 12.2 Å². The van der Waals surface area contributed by atoms with Crippen molar-refractivity contribution in [3.05, 3.63) is 41.5 Å². The first kappa shape index (κ1) is 15.5. The highest BCUT2D eigenvalue weighted by atomic mass is 32.2. The van der Waals surface area contributed by atoms with Crippen LogP contribution in [0.2, 0.25) is 0 Å². The smallest absolute Gasteiger partial charge is 0.240 e. The van der Waals surface area contributed by atoms with E-state index >= 15 is 0 Å². The van der Waals surface area contributed by atoms with Crippen LogP contribution in [0.3, 0.4) is 0 Å². The lowest BCUT2D eigenvalue weighted by Gasteiger charge is -2.10. The van der Waals surface area contributed by atoms with Gasteiger partial charge < -0.3 is 10.3 Å². The van der Waals surface area contributed by atoms with Gasteiger partial charge >= 0.3 is 0 Å². The van der Waals surface area contributed by atoms with E-state index in [0.717, 1.165) is 0 Å². The van der Waals surface area contributed by atoms with Crippen molar-refractivity contribution in [2.45, 2.75) is 18.2 Å². The first-order valence-corrected chi connectivity index (χ1v) is 7.95. The van der Waals surface area contributed by atoms with Crippen molar-refractivity contribution in [1.29, 1.82) is 0 Å². The lowest BCUT2D eigenvalue weighted by Crippen LogP contribution is -2.27. The predicted octanol–water partition coefficient (Wildman–Crippen LogP) is 0.533. The molecule has 3 N–H and O–H groups in total. The quantitative estimate of drug-likeness (QED) is 0.745. The maximum Gasteiger partial charge on any atom is 0.240 e. The highest BCUT2D eigenvalue weighted by Crippen LogP contribution is 2.17. The van der Waals surface area contributed by atoms with Gasteiger partial charge in [-0.05, 0) is 18.6 Å². The molecule has 0 atom stereocenters. The average Bonchev–Trinajstić information content (AvgIpc) is 2.91. The third kappa shape index (κ3) is 3.84. The molecule has 1 aromatic heterocycles. The number of aromatic nitrogens is 2. The van der Waals surface area contributed by atoms with Crippen LogP contribution in [-0.2, 0) is 16.4 Å². The first-order chi connectivity index (χ1) is 9.90. The van der Waals surface area contributed by atoms with Gasteiger partial charge in [-0.25, -0.2) is 13.1 Å². The molecule has 9 heteroatoms. The second kappa shape index (κ2) is 6.29. The molecule has 0 aliphatic heterocycles. The van der Waals surface area contributed by atoms with Crippen molar-refractivity contribution >= 4 is 27.2 Å². The zero-order valence-electron chi connectivity index (χ0n) is 11.2. The van der Waals surface area contributed by atoms with Gasteiger partial charge in [-0.3, -0.25) is 0 Å². The normalized spacial score (nSPS) is 11.5. The highest BCUT2D eigenvalue weighted by Gasteiger charge is 2.17. The average molecular weight is 326 g/mol. The van der Waals surface area contributed by atoms with Gasteiger partial charge in [-0.1, -0.05) is 29.5 Å². The highest BCUT2D eigenvalue weighted by molar-refractivity contribution is 7.89. The van der Waals surface area contributed by atoms with Crippen LogP contribution in [0.4, 0.5) is 0 Å². The third-order valence-corrected chi connectivity index (χ3v) is 4.64. The minimum Gasteiger partial charge on any atom is -0.389 e. The molecule has 0 radical (unpaired) electrons. The maximum absolute atomic E-state index is 12.3. The van der Waals surface area contributed by atoms with E-state index in [1.165, 1.54) is 12.4 Å². The second-order valence-electron chi connectivity index (χ2n) is 4.33. The fraction of sp³-hybridized carbons (Fsp3) is 0.250. The summed E-state index contributed by atoms with van der Waals surface area (Å²) in [5.74, 6) is 0.367. The summed E-state index contributed by atoms with van der Waals surface area (Å²) in [5, 5.41) is 3.45. The zero-order chi connectivity index (χ0) is 15.5. The molecule has 2 aromatic rings. The van der Waals surface area contributed by atoms with Gasteiger partial charge in [0.15, 0.2) is 6.33 Å². The summed E-state index contributed by atoms with van der Waals surface area (Å²) >= 11 is 4.86. The number of thiocarbonyl (C=S) groups is 1. The summed E-state index contributed by atoms with van der Waals surface area (Å²) in [7, 11) is -3.66. The lowest BCUT2D eigenvalue weighted by atomic mass is 10.1. The molecular weight excluding hydrogens is 312 g/mol. The van der Waals surface area contributed by atoms with E-state index in [1.807, 2.05) is 0 Å². The number of sulfonamides is 1. The number of nitrogens with zero attached hydrogens (tertiary/aromatic N) is 2. The fourth-order valence-electron chi connectivity index (χ4n) is 1.72. The Kier molecular flexibility index (Phi) is 4.66. The summed E-state index contributed by atoms with van der Waals surface area (Å²) in [4.78, 5) is 4.12. The van der Waals surface area contributed by atoms with Crippen molar-refractivity contribution in [3.8, 4) is 0 Å². The molecule has 0 aliphatic carbocycles. The molecule has 1 aromatic carbocycles. The first-order valence-electron chi connectivity index (χ1n) is 6.06. The monoisotopic (exact) mass is 326 g/mol. The number of nitrogens with one attached hydrogen (secondary N) is 1. The van der Waals surface area contributed by atoms with E-state index in [9.17, 15) is 8.42 Å². The topological polar surface area (TPSA) is 111 Å². The van der Waals surface area contributed by atoms with Gasteiger partial charge in [0.25, 0.3) is 0 Å². The van der Waals surface area contributed by atoms with E-state index in [4.69, 9.17) is 22.5 Å². The van der Waals surface area contributed by atoms with Crippen molar-refractivity contribution in [1.82, 2.24) is 14.9 Å². The van der Waals surface area contributed by atoms with Crippen molar-refractivity contribution < 1.29 is 12.9 Å². The minimum atomic E-state index is -3.66. The molecule has 112 valence electrons. The van der Waals surface area contributed by atoms with Gasteiger partial charge in [0.05, 0.1) is 4.90 Å². The van der Waals surface area contributed by atoms with Crippen molar-refractivity contribution in [3.63, 3.8) is 0 Å². The summed E-state index contributed by atoms with van der Waals surface area (Å²) in [5.41, 5.74) is 6.65. The number of hydrogen-bond acceptors (Lipinski definition) is 6. The molecule has 0 bridgehead atoms. The molecule has 7 nitrogen and oxygen atoms in total. The summed E-state index contributed by atoms with van der Waals surface area (Å²) < 4.78 is 31.9. The Morgan fingerprint density at radius 3 is 2.86 bits per heavy atom. The van der Waals surface area contributed by atoms with Crippen LogP contribution in [0.15, 0.2) is 33.9 Å². The van der Waals surface area contributed by atoms with Crippen LogP contribution in [-0.4, -0.2) is 30.1 Å². The molecule has 0 spiro atoms. The van der Waals surface area contributed by atoms with Crippen molar-refractivity contribution in [2.24, 2.45) is 5.73 Å². The number of benzene rings is 1. The van der Waals surface area contributed by atoms with Crippen LogP contribution in [0.25, 0.3) is 0 Å². The van der Waals surface area contributed by atoms with Gasteiger partial charge in [0.2, 0.25) is 15.9 Å². The fourth-order valence-corrected chi connectivity index (χ4v) is 3.15. The summed E-state index contributed by atoms with van der Waals surface area (Å²) in [6, 6.07) is 4.82. The Bertz CT molecular complexity index is 742. The number of aryl methyl sites for hydroxylation is 1. The number of rotatable bonds is 6. The Balaban J connectivity index is 2.15. The lowest BCUT2D eigenvalue weighted by molar-refractivity contribution is 0.377. The summed E-state index contributed by atoms with van der Waals surface area (Å²) in [6.45, 7) is 1.86. The van der Waals surface area contributed by atoms with Gasteiger partial charge in [0.1, 0.15) is 4.99 Å². The second-order valence-corrected chi connectivity index (χ2v) is 6.50. The van der Waals surface area contributed by atoms with Crippen LogP contribution in [0.5, 0.6) is 0 Å². The van der Waals surface area contributed by atoms with Crippen LogP contribution in [0.1, 0.15) is 17.0 Å². The number of nitrogens with two attached hydrogens (primary N) is 1. The molecule has 0 saturated carbocycles. The zero-order valence-corrected chi connectivity index (χ0v) is 12.9. The maximum atomic E-state index is 12.3. The molecule has 0 fully saturated rings. The Labute approximate surface area is 127 Å². The predicted molar refractivity (Wildman–Crippen MR) is 80.3 cm³/mol. The van der Waals surface area contributed by atoms with Gasteiger partial charge in [-0.15, -0.1) is 0 Å². The third-order valence-electron chi connectivity index (χ3n) is 2.80. The van der Waals surface area contributed by atoms with Crippen LogP contribution < -0.4 is 10.5 Å². The molecule has 0 aliphatic rings. The number of hydrogen-bond donors (Lipinski definition) is 2. The Morgan fingerprint density at radius 1 is 1.48 bits per heavy atom. The van der Waals surface area contributed by atoms with E-state index in [0.29, 0.717) is 23.4 Å². The van der Waals surface area contributed by atoms with Gasteiger partial charge in [0, 0.05) is 18.5 Å². The molecule has 2 rings (SSSR count). The van der Waals surface area contributed by atoms with E-state index in [2.05, 4.69) is 14.9 Å². The standard InChI is InChI=1S/C12H14N4O3S2/c1-8-2-3-9(12(13)20)6-10(8)21(17,18)16-5-4-11-14-7-15-19-11/h2-3,6-7,16H,4-5H2,1H3,(H2,13,20). The molecule has 0 saturated heterocycles. The van der Waals surface area contributed by atoms with Crippen LogP contribution in [0, 0.1) is 6.92 Å². The van der Waals surface area contributed by atoms with E-state index in [1.54, 1.807) is 19.1 Å².